The molecule has 0 aromatic carbocycles. The maximum atomic E-state index is 4.86. The third kappa shape index (κ3) is 2.58. The molecule has 2 nitrogen and oxygen atoms in total. The van der Waals surface area contributed by atoms with Crippen molar-refractivity contribution in [3.05, 3.63) is 12.3 Å². The van der Waals surface area contributed by atoms with Gasteiger partial charge in [0.05, 0.1) is 6.34 Å². The molecule has 0 radical (unpaired) electrons. The van der Waals surface area contributed by atoms with E-state index < -0.39 is 0 Å². The van der Waals surface area contributed by atoms with Crippen LogP contribution in [0.1, 0.15) is 0 Å². The highest BCUT2D eigenvalue weighted by molar-refractivity contribution is 5.54. The van der Waals surface area contributed by atoms with Crippen LogP contribution in [0.5, 0.6) is 0 Å². The van der Waals surface area contributed by atoms with Gasteiger partial charge in [-0.1, -0.05) is 12.5 Å². The molecule has 0 saturated heterocycles. The molecular formula is C5H6N2. The van der Waals surface area contributed by atoms with Gasteiger partial charge in [0.25, 0.3) is 0 Å². The fourth-order valence-electron chi connectivity index (χ4n) is 0.127. The molecule has 0 heterocycles. The Kier molecular flexibility index (Phi) is 2.46. The molecule has 0 aromatic heterocycles. The average Bonchev–Trinajstić information content (AvgIpc) is 1.68. The third-order valence-corrected chi connectivity index (χ3v) is 0.397. The van der Waals surface area contributed by atoms with Gasteiger partial charge >= 0.3 is 0 Å². The summed E-state index contributed by atoms with van der Waals surface area (Å²) in [6.07, 6.45) is 5.95. The van der Waals surface area contributed by atoms with Crippen molar-refractivity contribution in [3.63, 3.8) is 0 Å². The predicted octanol–water partition coefficient (Wildman–Crippen LogP) is 0.120. The van der Waals surface area contributed by atoms with E-state index in [-0.39, 0.29) is 0 Å². The van der Waals surface area contributed by atoms with E-state index in [1.165, 1.54) is 0 Å². The molecule has 0 fully saturated rings. The number of rotatable bonds is 1. The van der Waals surface area contributed by atoms with Crippen molar-refractivity contribution in [2.24, 2.45) is 10.7 Å². The van der Waals surface area contributed by atoms with Gasteiger partial charge in [-0.2, -0.15) is 0 Å². The van der Waals surface area contributed by atoms with Crippen molar-refractivity contribution in [2.75, 3.05) is 0 Å². The Bertz CT molecular complexity index is 128. The van der Waals surface area contributed by atoms with Crippen LogP contribution in [0, 0.1) is 12.3 Å². The van der Waals surface area contributed by atoms with Crippen LogP contribution in [0.15, 0.2) is 17.3 Å². The van der Waals surface area contributed by atoms with Crippen molar-refractivity contribution in [3.8, 4) is 12.3 Å². The average molecular weight is 94.1 g/mol. The quantitative estimate of drug-likeness (QED) is 0.280. The van der Waals surface area contributed by atoms with Crippen molar-refractivity contribution in [1.82, 2.24) is 0 Å². The Balaban J connectivity index is 3.66. The molecule has 7 heavy (non-hydrogen) atoms. The second-order valence-electron chi connectivity index (χ2n) is 0.869. The predicted molar refractivity (Wildman–Crippen MR) is 30.7 cm³/mol. The SMILES string of the molecule is C#CC(=C)N=CN. The van der Waals surface area contributed by atoms with Gasteiger partial charge in [-0.3, -0.25) is 0 Å². The van der Waals surface area contributed by atoms with Gasteiger partial charge in [0.2, 0.25) is 0 Å². The van der Waals surface area contributed by atoms with E-state index in [0.29, 0.717) is 5.70 Å². The number of hydrogen-bond donors (Lipinski definition) is 1. The molecule has 0 atom stereocenters. The number of allylic oxidation sites excluding steroid dienone is 1. The first-order valence-corrected chi connectivity index (χ1v) is 1.71. The summed E-state index contributed by atoms with van der Waals surface area (Å²) in [5, 5.41) is 0. The molecule has 0 aromatic rings. The molecule has 0 spiro atoms. The molecule has 0 amide bonds. The topological polar surface area (TPSA) is 38.4 Å². The Labute approximate surface area is 42.7 Å². The van der Waals surface area contributed by atoms with Crippen LogP contribution < -0.4 is 5.73 Å². The lowest BCUT2D eigenvalue weighted by atomic mass is 10.5. The molecule has 0 bridgehead atoms. The Morgan fingerprint density at radius 2 is 2.57 bits per heavy atom. The molecule has 0 unspecified atom stereocenters. The summed E-state index contributed by atoms with van der Waals surface area (Å²) in [6, 6.07) is 0. The van der Waals surface area contributed by atoms with E-state index in [0.717, 1.165) is 6.34 Å². The molecular weight excluding hydrogens is 88.1 g/mol. The van der Waals surface area contributed by atoms with Gasteiger partial charge in [0.1, 0.15) is 5.70 Å². The van der Waals surface area contributed by atoms with Gasteiger partial charge in [-0.05, 0) is 0 Å². The van der Waals surface area contributed by atoms with Crippen molar-refractivity contribution < 1.29 is 0 Å². The fourth-order valence-corrected chi connectivity index (χ4v) is 0.127. The first kappa shape index (κ1) is 5.77. The lowest BCUT2D eigenvalue weighted by Gasteiger charge is -1.76. The first-order chi connectivity index (χ1) is 3.31. The maximum Gasteiger partial charge on any atom is 0.107 e. The second kappa shape index (κ2) is 2.98. The number of aliphatic imine (C=N–C) groups is 1. The minimum absolute atomic E-state index is 0.350. The normalized spacial score (nSPS) is 8.43. The number of terminal acetylenes is 1. The molecule has 0 saturated carbocycles. The number of nitrogens with zero attached hydrogens (tertiary/aromatic N) is 1. The molecule has 36 valence electrons. The van der Waals surface area contributed by atoms with Gasteiger partial charge in [0.15, 0.2) is 0 Å². The number of hydrogen-bond acceptors (Lipinski definition) is 1. The highest BCUT2D eigenvalue weighted by Gasteiger charge is 1.70. The monoisotopic (exact) mass is 94.1 g/mol. The lowest BCUT2D eigenvalue weighted by Crippen LogP contribution is -1.87. The summed E-state index contributed by atoms with van der Waals surface area (Å²) in [7, 11) is 0. The van der Waals surface area contributed by atoms with E-state index in [9.17, 15) is 0 Å². The maximum absolute atomic E-state index is 4.86. The van der Waals surface area contributed by atoms with Gasteiger partial charge in [0, 0.05) is 0 Å². The third-order valence-electron chi connectivity index (χ3n) is 0.397. The van der Waals surface area contributed by atoms with Crippen LogP contribution in [0.3, 0.4) is 0 Å². The minimum atomic E-state index is 0.350. The van der Waals surface area contributed by atoms with Crippen LogP contribution >= 0.6 is 0 Å². The van der Waals surface area contributed by atoms with E-state index in [1.807, 2.05) is 0 Å². The summed E-state index contributed by atoms with van der Waals surface area (Å²) in [6.45, 7) is 3.35. The van der Waals surface area contributed by atoms with Crippen LogP contribution in [-0.2, 0) is 0 Å². The Morgan fingerprint density at radius 1 is 2.00 bits per heavy atom. The molecule has 2 N–H and O–H groups in total. The summed E-state index contributed by atoms with van der Waals surface area (Å²) in [5.74, 6) is 2.19. The van der Waals surface area contributed by atoms with E-state index in [1.54, 1.807) is 0 Å². The Morgan fingerprint density at radius 3 is 2.71 bits per heavy atom. The molecule has 0 rings (SSSR count). The zero-order valence-electron chi connectivity index (χ0n) is 3.89. The van der Waals surface area contributed by atoms with Crippen LogP contribution in [-0.4, -0.2) is 6.34 Å². The highest BCUT2D eigenvalue weighted by atomic mass is 14.8. The van der Waals surface area contributed by atoms with Gasteiger partial charge in [-0.15, -0.1) is 6.42 Å². The highest BCUT2D eigenvalue weighted by Crippen LogP contribution is 1.82. The van der Waals surface area contributed by atoms with Crippen LogP contribution in [0.25, 0.3) is 0 Å². The standard InChI is InChI=1S/C5H6N2/c1-3-5(2)7-4-6/h1,4H,2H2,(H2,6,7). The van der Waals surface area contributed by atoms with Crippen molar-refractivity contribution >= 4 is 6.34 Å². The second-order valence-corrected chi connectivity index (χ2v) is 0.869. The van der Waals surface area contributed by atoms with Crippen molar-refractivity contribution in [1.29, 1.82) is 0 Å². The fraction of sp³-hybridized carbons (Fsp3) is 0. The summed E-state index contributed by atoms with van der Waals surface area (Å²) in [5.41, 5.74) is 5.21. The largest absolute Gasteiger partial charge is 0.390 e. The molecule has 2 heteroatoms. The summed E-state index contributed by atoms with van der Waals surface area (Å²) in [4.78, 5) is 3.47. The van der Waals surface area contributed by atoms with Crippen LogP contribution in [0.4, 0.5) is 0 Å². The Hall–Kier alpha value is -1.23. The minimum Gasteiger partial charge on any atom is -0.390 e. The van der Waals surface area contributed by atoms with Crippen molar-refractivity contribution in [2.45, 2.75) is 0 Å². The number of nitrogens with two attached hydrogens (primary N) is 1. The summed E-state index contributed by atoms with van der Waals surface area (Å²) >= 11 is 0. The first-order valence-electron chi connectivity index (χ1n) is 1.71. The lowest BCUT2D eigenvalue weighted by molar-refractivity contribution is 1.47. The smallest absolute Gasteiger partial charge is 0.107 e. The summed E-state index contributed by atoms with van der Waals surface area (Å²) < 4.78 is 0. The van der Waals surface area contributed by atoms with Gasteiger partial charge in [-0.25, -0.2) is 4.99 Å². The molecule has 0 aliphatic rings. The van der Waals surface area contributed by atoms with E-state index >= 15 is 0 Å². The zero-order valence-corrected chi connectivity index (χ0v) is 3.89. The molecule has 0 aliphatic carbocycles. The van der Waals surface area contributed by atoms with Crippen LogP contribution in [0.2, 0.25) is 0 Å². The van der Waals surface area contributed by atoms with E-state index in [4.69, 9.17) is 12.2 Å². The zero-order chi connectivity index (χ0) is 5.70. The van der Waals surface area contributed by atoms with Gasteiger partial charge < -0.3 is 5.73 Å². The van der Waals surface area contributed by atoms with E-state index in [2.05, 4.69) is 17.5 Å². The molecule has 0 aliphatic heterocycles.